The van der Waals surface area contributed by atoms with E-state index in [1.807, 2.05) is 30.3 Å². The average molecular weight is 287 g/mol. The molecule has 108 valence electrons. The van der Waals surface area contributed by atoms with Crippen molar-refractivity contribution in [1.82, 2.24) is 4.90 Å². The predicted octanol–water partition coefficient (Wildman–Crippen LogP) is 3.94. The van der Waals surface area contributed by atoms with Gasteiger partial charge >= 0.3 is 0 Å². The van der Waals surface area contributed by atoms with Crippen molar-refractivity contribution in [2.45, 2.75) is 18.9 Å². The molecule has 21 heavy (non-hydrogen) atoms. The number of carbonyl (C=O) groups is 1. The third-order valence-electron chi connectivity index (χ3n) is 3.86. The van der Waals surface area contributed by atoms with Crippen LogP contribution in [0.4, 0.5) is 8.78 Å². The second kappa shape index (κ2) is 5.64. The van der Waals surface area contributed by atoms with Gasteiger partial charge in [-0.1, -0.05) is 30.3 Å². The smallest absolute Gasteiger partial charge is 0.257 e. The van der Waals surface area contributed by atoms with Gasteiger partial charge < -0.3 is 4.90 Å². The van der Waals surface area contributed by atoms with Crippen LogP contribution < -0.4 is 0 Å². The van der Waals surface area contributed by atoms with E-state index in [0.29, 0.717) is 6.54 Å². The number of carbonyl (C=O) groups excluding carboxylic acids is 1. The van der Waals surface area contributed by atoms with E-state index in [1.54, 1.807) is 4.90 Å². The van der Waals surface area contributed by atoms with E-state index in [4.69, 9.17) is 0 Å². The van der Waals surface area contributed by atoms with Crippen LogP contribution >= 0.6 is 0 Å². The first-order valence-corrected chi connectivity index (χ1v) is 6.98. The van der Waals surface area contributed by atoms with E-state index in [0.717, 1.165) is 36.6 Å². The van der Waals surface area contributed by atoms with E-state index in [1.165, 1.54) is 0 Å². The SMILES string of the molecule is O=C(c1cc(F)ccc1F)N1CCCC1c1ccccc1. The Hall–Kier alpha value is -2.23. The van der Waals surface area contributed by atoms with Gasteiger partial charge in [0.1, 0.15) is 11.6 Å². The maximum absolute atomic E-state index is 13.8. The van der Waals surface area contributed by atoms with Crippen molar-refractivity contribution in [3.63, 3.8) is 0 Å². The van der Waals surface area contributed by atoms with Crippen LogP contribution in [0.25, 0.3) is 0 Å². The van der Waals surface area contributed by atoms with Crippen molar-refractivity contribution in [3.8, 4) is 0 Å². The maximum atomic E-state index is 13.8. The number of amides is 1. The van der Waals surface area contributed by atoms with Gasteiger partial charge in [0.25, 0.3) is 5.91 Å². The third-order valence-corrected chi connectivity index (χ3v) is 3.86. The summed E-state index contributed by atoms with van der Waals surface area (Å²) >= 11 is 0. The maximum Gasteiger partial charge on any atom is 0.257 e. The second-order valence-corrected chi connectivity index (χ2v) is 5.19. The van der Waals surface area contributed by atoms with Crippen LogP contribution in [0.3, 0.4) is 0 Å². The van der Waals surface area contributed by atoms with Gasteiger partial charge in [-0.15, -0.1) is 0 Å². The molecule has 2 aromatic carbocycles. The molecule has 1 saturated heterocycles. The molecule has 1 amide bonds. The molecule has 4 heteroatoms. The number of halogens is 2. The molecular formula is C17H15F2NO. The Bertz CT molecular complexity index is 657. The van der Waals surface area contributed by atoms with Crippen LogP contribution in [0.1, 0.15) is 34.8 Å². The lowest BCUT2D eigenvalue weighted by molar-refractivity contribution is 0.0730. The molecule has 0 aromatic heterocycles. The normalized spacial score (nSPS) is 18.0. The number of benzene rings is 2. The Labute approximate surface area is 122 Å². The lowest BCUT2D eigenvalue weighted by Gasteiger charge is -2.25. The second-order valence-electron chi connectivity index (χ2n) is 5.19. The molecule has 0 saturated carbocycles. The van der Waals surface area contributed by atoms with Gasteiger partial charge in [0.05, 0.1) is 11.6 Å². The van der Waals surface area contributed by atoms with Crippen molar-refractivity contribution in [2.75, 3.05) is 6.54 Å². The first kappa shape index (κ1) is 13.7. The summed E-state index contributed by atoms with van der Waals surface area (Å²) in [5, 5.41) is 0. The minimum absolute atomic E-state index is 0.0682. The standard InChI is InChI=1S/C17H15F2NO/c18-13-8-9-15(19)14(11-13)17(21)20-10-4-7-16(20)12-5-2-1-3-6-12/h1-3,5-6,8-9,11,16H,4,7,10H2. The van der Waals surface area contributed by atoms with E-state index >= 15 is 0 Å². The topological polar surface area (TPSA) is 20.3 Å². The van der Waals surface area contributed by atoms with Gasteiger partial charge in [-0.25, -0.2) is 8.78 Å². The summed E-state index contributed by atoms with van der Waals surface area (Å²) in [6.45, 7) is 0.564. The lowest BCUT2D eigenvalue weighted by atomic mass is 10.0. The molecular weight excluding hydrogens is 272 g/mol. The fourth-order valence-electron chi connectivity index (χ4n) is 2.85. The zero-order chi connectivity index (χ0) is 14.8. The Morgan fingerprint density at radius 2 is 1.86 bits per heavy atom. The summed E-state index contributed by atoms with van der Waals surface area (Å²) in [5.74, 6) is -1.73. The van der Waals surface area contributed by atoms with E-state index in [-0.39, 0.29) is 11.6 Å². The predicted molar refractivity (Wildman–Crippen MR) is 75.8 cm³/mol. The van der Waals surface area contributed by atoms with E-state index < -0.39 is 17.5 Å². The summed E-state index contributed by atoms with van der Waals surface area (Å²) in [7, 11) is 0. The number of hydrogen-bond donors (Lipinski definition) is 0. The minimum Gasteiger partial charge on any atom is -0.332 e. The summed E-state index contributed by atoms with van der Waals surface area (Å²) in [5.41, 5.74) is 0.831. The highest BCUT2D eigenvalue weighted by molar-refractivity contribution is 5.95. The van der Waals surface area contributed by atoms with Crippen LogP contribution in [0.2, 0.25) is 0 Å². The molecule has 1 heterocycles. The van der Waals surface area contributed by atoms with Crippen molar-refractivity contribution in [1.29, 1.82) is 0 Å². The quantitative estimate of drug-likeness (QED) is 0.819. The Kier molecular flexibility index (Phi) is 3.69. The summed E-state index contributed by atoms with van der Waals surface area (Å²) in [6, 6.07) is 12.6. The van der Waals surface area contributed by atoms with Crippen LogP contribution in [-0.2, 0) is 0 Å². The minimum atomic E-state index is -0.680. The summed E-state index contributed by atoms with van der Waals surface area (Å²) in [6.07, 6.45) is 1.70. The molecule has 1 atom stereocenters. The zero-order valence-corrected chi connectivity index (χ0v) is 11.4. The molecule has 1 unspecified atom stereocenters. The Balaban J connectivity index is 1.92. The molecule has 1 fully saturated rings. The van der Waals surface area contributed by atoms with Gasteiger partial charge in [-0.05, 0) is 36.6 Å². The Morgan fingerprint density at radius 1 is 1.10 bits per heavy atom. The van der Waals surface area contributed by atoms with Gasteiger partial charge in [-0.3, -0.25) is 4.79 Å². The fourth-order valence-corrected chi connectivity index (χ4v) is 2.85. The average Bonchev–Trinajstić information content (AvgIpc) is 2.99. The molecule has 0 spiro atoms. The number of hydrogen-bond acceptors (Lipinski definition) is 1. The van der Waals surface area contributed by atoms with Crippen molar-refractivity contribution in [3.05, 3.63) is 71.3 Å². The first-order valence-electron chi connectivity index (χ1n) is 6.98. The molecule has 3 rings (SSSR count). The highest BCUT2D eigenvalue weighted by Crippen LogP contribution is 2.33. The largest absolute Gasteiger partial charge is 0.332 e. The van der Waals surface area contributed by atoms with Gasteiger partial charge in [0.15, 0.2) is 0 Å². The molecule has 0 aliphatic carbocycles. The molecule has 2 nitrogen and oxygen atoms in total. The van der Waals surface area contributed by atoms with Gasteiger partial charge in [-0.2, -0.15) is 0 Å². The van der Waals surface area contributed by atoms with Crippen LogP contribution in [0.15, 0.2) is 48.5 Å². The zero-order valence-electron chi connectivity index (χ0n) is 11.4. The number of rotatable bonds is 2. The van der Waals surface area contributed by atoms with Crippen molar-refractivity contribution < 1.29 is 13.6 Å². The van der Waals surface area contributed by atoms with E-state index in [2.05, 4.69) is 0 Å². The lowest BCUT2D eigenvalue weighted by Crippen LogP contribution is -2.31. The molecule has 1 aliphatic heterocycles. The van der Waals surface area contributed by atoms with Crippen LogP contribution in [-0.4, -0.2) is 17.4 Å². The highest BCUT2D eigenvalue weighted by atomic mass is 19.1. The van der Waals surface area contributed by atoms with Gasteiger partial charge in [0, 0.05) is 6.54 Å². The molecule has 0 N–H and O–H groups in total. The third kappa shape index (κ3) is 2.66. The van der Waals surface area contributed by atoms with E-state index in [9.17, 15) is 13.6 Å². The summed E-state index contributed by atoms with van der Waals surface area (Å²) < 4.78 is 27.1. The monoisotopic (exact) mass is 287 g/mol. The van der Waals surface area contributed by atoms with Crippen molar-refractivity contribution in [2.24, 2.45) is 0 Å². The van der Waals surface area contributed by atoms with Crippen LogP contribution in [0.5, 0.6) is 0 Å². The molecule has 0 bridgehead atoms. The summed E-state index contributed by atoms with van der Waals surface area (Å²) in [4.78, 5) is 14.2. The number of nitrogens with zero attached hydrogens (tertiary/aromatic N) is 1. The highest BCUT2D eigenvalue weighted by Gasteiger charge is 2.31. The van der Waals surface area contributed by atoms with Crippen LogP contribution in [0, 0.1) is 11.6 Å². The molecule has 1 aliphatic rings. The van der Waals surface area contributed by atoms with Gasteiger partial charge in [0.2, 0.25) is 0 Å². The molecule has 2 aromatic rings. The van der Waals surface area contributed by atoms with Crippen molar-refractivity contribution >= 4 is 5.91 Å². The first-order chi connectivity index (χ1) is 10.2. The Morgan fingerprint density at radius 3 is 2.62 bits per heavy atom. The molecule has 0 radical (unpaired) electrons. The fraction of sp³-hybridized carbons (Fsp3) is 0.235. The number of likely N-dealkylation sites (tertiary alicyclic amines) is 1.